The van der Waals surface area contributed by atoms with Gasteiger partial charge in [-0.1, -0.05) is 54.1 Å². The number of morpholine rings is 1. The number of rotatable bonds is 11. The zero-order chi connectivity index (χ0) is 31.3. The van der Waals surface area contributed by atoms with E-state index in [1.165, 1.54) is 0 Å². The number of aliphatic carboxylic acids is 1. The van der Waals surface area contributed by atoms with Crippen molar-refractivity contribution in [1.29, 1.82) is 0 Å². The Balaban J connectivity index is 1.30. The topological polar surface area (TPSA) is 108 Å². The number of hydrogen-bond acceptors (Lipinski definition) is 6. The summed E-state index contributed by atoms with van der Waals surface area (Å²) >= 11 is 0. The average molecular weight is 612 g/mol. The van der Waals surface area contributed by atoms with E-state index >= 15 is 0 Å². The van der Waals surface area contributed by atoms with Crippen molar-refractivity contribution < 1.29 is 29.0 Å². The Morgan fingerprint density at radius 2 is 1.71 bits per heavy atom. The van der Waals surface area contributed by atoms with Gasteiger partial charge >= 0.3 is 5.97 Å². The van der Waals surface area contributed by atoms with Crippen LogP contribution in [0.25, 0.3) is 11.1 Å². The fourth-order valence-electron chi connectivity index (χ4n) is 6.21. The molecule has 1 aliphatic carbocycles. The first-order valence-corrected chi connectivity index (χ1v) is 15.9. The summed E-state index contributed by atoms with van der Waals surface area (Å²) in [6.07, 6.45) is 2.63. The fraction of sp³-hybridized carbons (Fsp3) is 0.417. The van der Waals surface area contributed by atoms with Crippen LogP contribution in [0.1, 0.15) is 54.8 Å². The van der Waals surface area contributed by atoms with Crippen molar-refractivity contribution in [3.8, 4) is 11.1 Å². The van der Waals surface area contributed by atoms with Gasteiger partial charge in [-0.3, -0.25) is 14.4 Å². The first kappa shape index (κ1) is 30.8. The molecule has 0 aromatic heterocycles. The maximum Gasteiger partial charge on any atom is 0.305 e. The number of anilines is 2. The van der Waals surface area contributed by atoms with Crippen LogP contribution in [0.5, 0.6) is 0 Å². The predicted octanol–water partition coefficient (Wildman–Crippen LogP) is 5.57. The summed E-state index contributed by atoms with van der Waals surface area (Å²) in [4.78, 5) is 42.7. The number of nitrogens with zero attached hydrogens (tertiary/aromatic N) is 2. The Hall–Kier alpha value is -4.21. The van der Waals surface area contributed by atoms with E-state index in [4.69, 9.17) is 9.47 Å². The van der Waals surface area contributed by atoms with Gasteiger partial charge in [0.2, 0.25) is 5.91 Å². The number of hydrogen-bond donors (Lipinski definition) is 2. The van der Waals surface area contributed by atoms with Gasteiger partial charge in [-0.05, 0) is 73.1 Å². The van der Waals surface area contributed by atoms with Gasteiger partial charge in [0, 0.05) is 32.2 Å². The van der Waals surface area contributed by atoms with Crippen molar-refractivity contribution in [1.82, 2.24) is 4.90 Å². The minimum absolute atomic E-state index is 0.00113. The monoisotopic (exact) mass is 611 g/mol. The quantitative estimate of drug-likeness (QED) is 0.292. The molecule has 3 aliphatic rings. The third-order valence-electron chi connectivity index (χ3n) is 8.86. The second-order valence-corrected chi connectivity index (χ2v) is 12.3. The van der Waals surface area contributed by atoms with E-state index in [9.17, 15) is 19.5 Å². The molecule has 3 fully saturated rings. The molecule has 3 aromatic carbocycles. The van der Waals surface area contributed by atoms with Gasteiger partial charge in [0.15, 0.2) is 0 Å². The number of benzene rings is 3. The normalized spacial score (nSPS) is 18.8. The molecule has 0 radical (unpaired) electrons. The van der Waals surface area contributed by atoms with Crippen molar-refractivity contribution in [2.45, 2.75) is 57.7 Å². The van der Waals surface area contributed by atoms with Crippen LogP contribution >= 0.6 is 0 Å². The van der Waals surface area contributed by atoms with E-state index in [-0.39, 0.29) is 24.2 Å². The number of aryl methyl sites for hydroxylation is 1. The minimum atomic E-state index is -0.944. The summed E-state index contributed by atoms with van der Waals surface area (Å²) in [5, 5.41) is 13.0. The predicted molar refractivity (Wildman–Crippen MR) is 172 cm³/mol. The van der Waals surface area contributed by atoms with Crippen LogP contribution in [0, 0.1) is 12.8 Å². The van der Waals surface area contributed by atoms with Crippen molar-refractivity contribution in [2.75, 3.05) is 43.1 Å². The highest BCUT2D eigenvalue weighted by Gasteiger charge is 2.37. The third-order valence-corrected chi connectivity index (χ3v) is 8.86. The third kappa shape index (κ3) is 7.54. The average Bonchev–Trinajstić information content (AvgIpc) is 3.76. The summed E-state index contributed by atoms with van der Waals surface area (Å²) in [7, 11) is 0. The van der Waals surface area contributed by atoms with Crippen LogP contribution < -0.4 is 10.2 Å². The molecule has 45 heavy (non-hydrogen) atoms. The molecular weight excluding hydrogens is 570 g/mol. The van der Waals surface area contributed by atoms with Crippen molar-refractivity contribution >= 4 is 29.2 Å². The number of carboxylic acid groups (broad SMARTS) is 1. The van der Waals surface area contributed by atoms with E-state index in [0.717, 1.165) is 71.5 Å². The second-order valence-electron chi connectivity index (χ2n) is 12.3. The summed E-state index contributed by atoms with van der Waals surface area (Å²) in [6.45, 7) is 5.61. The molecule has 1 saturated carbocycles. The zero-order valence-corrected chi connectivity index (χ0v) is 25.7. The Kier molecular flexibility index (Phi) is 9.47. The largest absolute Gasteiger partial charge is 0.481 e. The molecule has 2 amide bonds. The van der Waals surface area contributed by atoms with Crippen LogP contribution in [-0.4, -0.2) is 66.8 Å². The molecule has 2 aliphatic heterocycles. The standard InChI is InChI=1S/C36H41N3O6/c1-24-7-9-26(10-8-24)32(22-34(40)41)39(36(43)27-11-12-27)23-25-4-2-5-28(20-25)29-13-14-31(38-15-18-44-19-16-38)30(21-29)37-35(42)33-6-3-17-45-33/h2,4-5,7-10,13-14,20-21,27,32-33H,3,6,11-12,15-19,22-23H2,1H3,(H,37,42)(H,40,41). The zero-order valence-electron chi connectivity index (χ0n) is 25.7. The van der Waals surface area contributed by atoms with Crippen LogP contribution in [0.2, 0.25) is 0 Å². The summed E-state index contributed by atoms with van der Waals surface area (Å²) in [5.74, 6) is -1.14. The van der Waals surface area contributed by atoms with Crippen LogP contribution in [-0.2, 0) is 30.4 Å². The van der Waals surface area contributed by atoms with E-state index < -0.39 is 18.1 Å². The lowest BCUT2D eigenvalue weighted by Gasteiger charge is -2.32. The highest BCUT2D eigenvalue weighted by molar-refractivity contribution is 5.98. The SMILES string of the molecule is Cc1ccc(C(CC(=O)O)N(Cc2cccc(-c3ccc(N4CCOCC4)c(NC(=O)C4CCCO4)c3)c2)C(=O)C2CC2)cc1. The molecule has 2 saturated heterocycles. The molecule has 2 unspecified atom stereocenters. The fourth-order valence-corrected chi connectivity index (χ4v) is 6.21. The van der Waals surface area contributed by atoms with Gasteiger partial charge in [0.05, 0.1) is 37.1 Å². The summed E-state index contributed by atoms with van der Waals surface area (Å²) in [6, 6.07) is 21.3. The number of carbonyl (C=O) groups excluding carboxylic acids is 2. The molecule has 236 valence electrons. The molecule has 0 bridgehead atoms. The Morgan fingerprint density at radius 1 is 0.956 bits per heavy atom. The lowest BCUT2D eigenvalue weighted by Crippen LogP contribution is -2.37. The first-order valence-electron chi connectivity index (χ1n) is 15.9. The molecule has 0 spiro atoms. The maximum atomic E-state index is 13.6. The smallest absolute Gasteiger partial charge is 0.305 e. The Labute approximate surface area is 264 Å². The molecule has 6 rings (SSSR count). The number of nitrogens with one attached hydrogen (secondary N) is 1. The number of ether oxygens (including phenoxy) is 2. The van der Waals surface area contributed by atoms with Crippen molar-refractivity contribution in [2.24, 2.45) is 5.92 Å². The first-order chi connectivity index (χ1) is 21.9. The highest BCUT2D eigenvalue weighted by Crippen LogP contribution is 2.37. The van der Waals surface area contributed by atoms with E-state index in [0.29, 0.717) is 32.8 Å². The summed E-state index contributed by atoms with van der Waals surface area (Å²) in [5.41, 5.74) is 6.35. The van der Waals surface area contributed by atoms with E-state index in [2.05, 4.69) is 22.3 Å². The lowest BCUT2D eigenvalue weighted by atomic mass is 9.98. The molecule has 9 heteroatoms. The van der Waals surface area contributed by atoms with Crippen molar-refractivity contribution in [3.63, 3.8) is 0 Å². The van der Waals surface area contributed by atoms with Gasteiger partial charge in [0.25, 0.3) is 5.91 Å². The molecule has 2 atom stereocenters. The van der Waals surface area contributed by atoms with Gasteiger partial charge in [0.1, 0.15) is 6.10 Å². The number of carboxylic acids is 1. The van der Waals surface area contributed by atoms with Crippen LogP contribution in [0.4, 0.5) is 11.4 Å². The Morgan fingerprint density at radius 3 is 2.40 bits per heavy atom. The van der Waals surface area contributed by atoms with E-state index in [1.54, 1.807) is 4.90 Å². The molecule has 2 N–H and O–H groups in total. The van der Waals surface area contributed by atoms with Crippen molar-refractivity contribution in [3.05, 3.63) is 83.4 Å². The summed E-state index contributed by atoms with van der Waals surface area (Å²) < 4.78 is 11.2. The maximum absolute atomic E-state index is 13.6. The van der Waals surface area contributed by atoms with Crippen LogP contribution in [0.3, 0.4) is 0 Å². The van der Waals surface area contributed by atoms with Gasteiger partial charge < -0.3 is 29.7 Å². The molecule has 9 nitrogen and oxygen atoms in total. The van der Waals surface area contributed by atoms with Gasteiger partial charge in [-0.2, -0.15) is 0 Å². The number of amides is 2. The lowest BCUT2D eigenvalue weighted by molar-refractivity contribution is -0.142. The molecular formula is C36H41N3O6. The Bertz CT molecular complexity index is 1520. The van der Waals surface area contributed by atoms with Gasteiger partial charge in [-0.25, -0.2) is 0 Å². The van der Waals surface area contributed by atoms with Gasteiger partial charge in [-0.15, -0.1) is 0 Å². The van der Waals surface area contributed by atoms with Crippen LogP contribution in [0.15, 0.2) is 66.7 Å². The minimum Gasteiger partial charge on any atom is -0.481 e. The second kappa shape index (κ2) is 13.8. The highest BCUT2D eigenvalue weighted by atomic mass is 16.5. The number of carbonyl (C=O) groups is 3. The molecule has 2 heterocycles. The molecule has 3 aromatic rings. The van der Waals surface area contributed by atoms with E-state index in [1.807, 2.05) is 61.5 Å².